The molecule has 0 heterocycles. The van der Waals surface area contributed by atoms with Gasteiger partial charge in [-0.3, -0.25) is 9.74 Å². The third-order valence-electron chi connectivity index (χ3n) is 4.62. The van der Waals surface area contributed by atoms with Crippen molar-refractivity contribution in [2.75, 3.05) is 7.11 Å². The van der Waals surface area contributed by atoms with Gasteiger partial charge in [-0.05, 0) is 75.0 Å². The zero-order valence-electron chi connectivity index (χ0n) is 22.0. The highest BCUT2D eigenvalue weighted by Crippen LogP contribution is 2.29. The van der Waals surface area contributed by atoms with E-state index in [4.69, 9.17) is 6.42 Å². The van der Waals surface area contributed by atoms with Crippen molar-refractivity contribution in [2.24, 2.45) is 0 Å². The van der Waals surface area contributed by atoms with Gasteiger partial charge in [-0.1, -0.05) is 74.4 Å². The molecule has 35 heavy (non-hydrogen) atoms. The number of fused-ring (bicyclic) bond motifs is 1. The van der Waals surface area contributed by atoms with Crippen molar-refractivity contribution in [1.82, 2.24) is 0 Å². The number of methoxy groups -OCH3 is 1. The quantitative estimate of drug-likeness (QED) is 0.186. The zero-order valence-corrected chi connectivity index (χ0v) is 22.0. The number of halogens is 1. The average molecular weight is 485 g/mol. The molecule has 0 amide bonds. The molecule has 0 aromatic heterocycles. The molecule has 1 unspecified atom stereocenters. The largest absolute Gasteiger partial charge is 0.469 e. The van der Waals surface area contributed by atoms with Crippen molar-refractivity contribution in [3.8, 4) is 12.3 Å². The lowest BCUT2D eigenvalue weighted by atomic mass is 10.1. The minimum Gasteiger partial charge on any atom is -0.469 e. The topological polar surface area (TPSA) is 55.8 Å². The van der Waals surface area contributed by atoms with Crippen molar-refractivity contribution < 1.29 is 24.1 Å². The number of esters is 1. The number of carbonyl (C=O) groups excluding carboxylic acids is 1. The summed E-state index contributed by atoms with van der Waals surface area (Å²) in [5, 5.41) is 9.38. The summed E-state index contributed by atoms with van der Waals surface area (Å²) in [5.74, 6) is 2.21. The van der Waals surface area contributed by atoms with Crippen molar-refractivity contribution in [3.63, 3.8) is 0 Å². The van der Waals surface area contributed by atoms with Crippen molar-refractivity contribution in [1.29, 1.82) is 0 Å². The summed E-state index contributed by atoms with van der Waals surface area (Å²) < 4.78 is 16.2. The van der Waals surface area contributed by atoms with E-state index in [0.717, 1.165) is 29.6 Å². The molecule has 1 aliphatic carbocycles. The Morgan fingerprint density at radius 2 is 1.91 bits per heavy atom. The summed E-state index contributed by atoms with van der Waals surface area (Å²) >= 11 is 0. The molecule has 1 aliphatic rings. The average Bonchev–Trinajstić information content (AvgIpc) is 3.26. The van der Waals surface area contributed by atoms with Crippen LogP contribution in [0.2, 0.25) is 0 Å². The monoisotopic (exact) mass is 484 g/mol. The smallest absolute Gasteiger partial charge is 0.305 e. The van der Waals surface area contributed by atoms with E-state index in [2.05, 4.69) is 28.2 Å². The van der Waals surface area contributed by atoms with Gasteiger partial charge in [0.25, 0.3) is 0 Å². The fourth-order valence-corrected chi connectivity index (χ4v) is 2.81. The van der Waals surface area contributed by atoms with Gasteiger partial charge in [-0.25, -0.2) is 0 Å². The van der Waals surface area contributed by atoms with Crippen LogP contribution in [0.15, 0.2) is 84.2 Å². The van der Waals surface area contributed by atoms with Gasteiger partial charge in [-0.15, -0.1) is 6.42 Å². The predicted octanol–water partition coefficient (Wildman–Crippen LogP) is 7.69. The summed E-state index contributed by atoms with van der Waals surface area (Å²) in [5.41, 5.74) is 4.49. The van der Waals surface area contributed by atoms with Gasteiger partial charge in [-0.2, -0.15) is 0 Å². The summed E-state index contributed by atoms with van der Waals surface area (Å²) in [6, 6.07) is 8.10. The fraction of sp³-hybridized carbons (Fsp3) is 0.367. The Bertz CT molecular complexity index is 901. The van der Waals surface area contributed by atoms with Crippen LogP contribution in [0.4, 0.5) is 4.53 Å². The van der Waals surface area contributed by atoms with E-state index in [-0.39, 0.29) is 17.8 Å². The van der Waals surface area contributed by atoms with Gasteiger partial charge in [0.15, 0.2) is 5.76 Å². The molecule has 0 fully saturated rings. The third-order valence-corrected chi connectivity index (χ3v) is 4.62. The lowest BCUT2D eigenvalue weighted by Crippen LogP contribution is -1.99. The normalized spacial score (nSPS) is 14.6. The number of aryl methyl sites for hydroxylation is 1. The fourth-order valence-electron chi connectivity index (χ4n) is 2.81. The van der Waals surface area contributed by atoms with Crippen LogP contribution in [0.1, 0.15) is 71.1 Å². The lowest BCUT2D eigenvalue weighted by molar-refractivity contribution is -0.140. The predicted molar refractivity (Wildman–Crippen MR) is 144 cm³/mol. The Balaban J connectivity index is 0. The summed E-state index contributed by atoms with van der Waals surface area (Å²) in [4.78, 5) is 14.3. The minimum atomic E-state index is -0.266. The number of aliphatic hydroxyl groups excluding tert-OH is 1. The van der Waals surface area contributed by atoms with E-state index in [1.165, 1.54) is 24.8 Å². The van der Waals surface area contributed by atoms with Crippen LogP contribution in [0.5, 0.6) is 0 Å². The first-order chi connectivity index (χ1) is 16.8. The molecule has 1 aromatic rings. The Morgan fingerprint density at radius 3 is 2.43 bits per heavy atom. The Hall–Kier alpha value is -3.36. The maximum Gasteiger partial charge on any atom is 0.305 e. The number of ether oxygens (including phenoxy) is 1. The molecular formula is C30H41FO4. The summed E-state index contributed by atoms with van der Waals surface area (Å²) in [6.07, 6.45) is 17.7. The van der Waals surface area contributed by atoms with E-state index in [1.807, 2.05) is 65.0 Å². The van der Waals surface area contributed by atoms with Gasteiger partial charge in [0, 0.05) is 10.9 Å². The molecule has 4 nitrogen and oxygen atoms in total. The Morgan fingerprint density at radius 1 is 1.26 bits per heavy atom. The highest BCUT2D eigenvalue weighted by molar-refractivity contribution is 5.69. The first-order valence-corrected chi connectivity index (χ1v) is 11.7. The number of hydrogen-bond acceptors (Lipinski definition) is 4. The number of aliphatic hydroxyl groups is 1. The molecule has 0 aliphatic heterocycles. The van der Waals surface area contributed by atoms with Crippen LogP contribution in [0.25, 0.3) is 0 Å². The Labute approximate surface area is 211 Å². The first kappa shape index (κ1) is 33.8. The zero-order chi connectivity index (χ0) is 27.1. The highest BCUT2D eigenvalue weighted by atomic mass is 19.3. The molecule has 0 saturated heterocycles. The van der Waals surface area contributed by atoms with Crippen LogP contribution >= 0.6 is 0 Å². The van der Waals surface area contributed by atoms with E-state index >= 15 is 0 Å². The van der Waals surface area contributed by atoms with E-state index < -0.39 is 0 Å². The van der Waals surface area contributed by atoms with Crippen molar-refractivity contribution >= 4 is 5.97 Å². The molecule has 5 heteroatoms. The highest BCUT2D eigenvalue weighted by Gasteiger charge is 2.18. The van der Waals surface area contributed by atoms with Gasteiger partial charge in [0.1, 0.15) is 0 Å². The molecule has 1 N–H and O–H groups in total. The molecule has 0 radical (unpaired) electrons. The minimum absolute atomic E-state index is 0.0346. The standard InChI is InChI=1S/C11H15FO3.C9H10O.C8H10.C2H6/c1-4-10(15-12)7-5-9(2)6-8-11(13)14-3;10-9-6-5-7-3-1-2-4-8(7)9;1-4-6-8(3)7-5-2;1-2/h4-5,7H,1,6,8H2,2-3H3;1-4,9-10H,5-6H2;1,5-7H,2-3H3;1-2H3/b9-5+,10-7+;;7-5-,8-6-;. The number of hydrogen-bond donors (Lipinski definition) is 1. The molecular weight excluding hydrogens is 443 g/mol. The van der Waals surface area contributed by atoms with E-state index in [0.29, 0.717) is 12.8 Å². The molecule has 0 saturated carbocycles. The SMILES string of the molecule is C#C/C=C(C)\C=C/C.C=C/C(=C\C=C(/C)CCC(=O)OC)OF.CC.OC1CCc2ccccc21. The molecule has 2 rings (SSSR count). The van der Waals surface area contributed by atoms with Crippen LogP contribution < -0.4 is 0 Å². The number of rotatable bonds is 7. The van der Waals surface area contributed by atoms with Gasteiger partial charge in [0.2, 0.25) is 0 Å². The molecule has 0 bridgehead atoms. The second-order valence-corrected chi connectivity index (χ2v) is 7.25. The number of benzene rings is 1. The second kappa shape index (κ2) is 22.4. The van der Waals surface area contributed by atoms with Gasteiger partial charge < -0.3 is 9.84 Å². The molecule has 0 spiro atoms. The van der Waals surface area contributed by atoms with Crippen LogP contribution in [-0.2, 0) is 20.9 Å². The second-order valence-electron chi connectivity index (χ2n) is 7.25. The molecule has 192 valence electrons. The van der Waals surface area contributed by atoms with E-state index in [1.54, 1.807) is 12.2 Å². The third kappa shape index (κ3) is 16.8. The lowest BCUT2D eigenvalue weighted by Gasteiger charge is -2.00. The van der Waals surface area contributed by atoms with E-state index in [9.17, 15) is 14.4 Å². The van der Waals surface area contributed by atoms with Crippen LogP contribution in [-0.4, -0.2) is 18.2 Å². The Kier molecular flexibility index (Phi) is 21.7. The van der Waals surface area contributed by atoms with Crippen LogP contribution in [0, 0.1) is 12.3 Å². The number of allylic oxidation sites excluding steroid dienone is 8. The summed E-state index contributed by atoms with van der Waals surface area (Å²) in [6.45, 7) is 13.1. The molecule has 1 atom stereocenters. The van der Waals surface area contributed by atoms with Crippen LogP contribution in [0.3, 0.4) is 0 Å². The number of carbonyl (C=O) groups is 1. The van der Waals surface area contributed by atoms with Crippen molar-refractivity contribution in [3.05, 3.63) is 95.3 Å². The number of terminal acetylenes is 1. The van der Waals surface area contributed by atoms with Gasteiger partial charge >= 0.3 is 5.97 Å². The van der Waals surface area contributed by atoms with Crippen molar-refractivity contribution in [2.45, 2.75) is 66.4 Å². The van der Waals surface area contributed by atoms with Gasteiger partial charge in [0.05, 0.1) is 13.2 Å². The maximum atomic E-state index is 11.7. The maximum absolute atomic E-state index is 11.7. The molecule has 1 aromatic carbocycles. The summed E-state index contributed by atoms with van der Waals surface area (Å²) in [7, 11) is 1.34. The first-order valence-electron chi connectivity index (χ1n) is 11.7.